The Morgan fingerprint density at radius 1 is 1.17 bits per heavy atom. The van der Waals surface area contributed by atoms with Gasteiger partial charge in [-0.25, -0.2) is 4.79 Å². The number of aliphatic carboxylic acids is 1. The highest BCUT2D eigenvalue weighted by atomic mass is 32.1. The van der Waals surface area contributed by atoms with Crippen LogP contribution in [0.4, 0.5) is 5.00 Å². The van der Waals surface area contributed by atoms with Crippen LogP contribution in [-0.4, -0.2) is 25.0 Å². The predicted molar refractivity (Wildman–Crippen MR) is 110 cm³/mol. The van der Waals surface area contributed by atoms with Crippen molar-refractivity contribution in [3.05, 3.63) is 28.2 Å². The van der Waals surface area contributed by atoms with Crippen molar-refractivity contribution >= 4 is 34.2 Å². The van der Waals surface area contributed by atoms with Crippen LogP contribution in [0, 0.1) is 23.2 Å². The number of amides is 1. The van der Waals surface area contributed by atoms with Crippen molar-refractivity contribution in [3.63, 3.8) is 0 Å². The highest BCUT2D eigenvalue weighted by Crippen LogP contribution is 2.44. The lowest BCUT2D eigenvalue weighted by Gasteiger charge is -2.33. The molecule has 0 bridgehead atoms. The van der Waals surface area contributed by atoms with E-state index < -0.39 is 23.8 Å². The third kappa shape index (κ3) is 4.39. The molecule has 1 amide bonds. The zero-order valence-corrected chi connectivity index (χ0v) is 18.2. The van der Waals surface area contributed by atoms with E-state index in [1.807, 2.05) is 6.08 Å². The van der Waals surface area contributed by atoms with Gasteiger partial charge in [0, 0.05) is 16.8 Å². The standard InChI is InChI=1S/C22H29NO5S/c1-22(2,3)12-9-10-15-16(11-12)29-19(17(15)21(27)28-4)23-18(24)13-7-5-6-8-14(13)20(25)26/h5-6,12-14H,7-11H2,1-4H3,(H,23,24)(H,25,26)/p-1/t12-,13+,14+/m0/s1. The van der Waals surface area contributed by atoms with Crippen molar-refractivity contribution < 1.29 is 24.2 Å². The first-order valence-corrected chi connectivity index (χ1v) is 10.8. The molecule has 0 aliphatic heterocycles. The molecule has 0 unspecified atom stereocenters. The van der Waals surface area contributed by atoms with Crippen molar-refractivity contribution in [1.29, 1.82) is 0 Å². The van der Waals surface area contributed by atoms with Crippen LogP contribution in [0.3, 0.4) is 0 Å². The van der Waals surface area contributed by atoms with Gasteiger partial charge in [-0.05, 0) is 49.0 Å². The molecular weight excluding hydrogens is 390 g/mol. The molecule has 0 saturated carbocycles. The van der Waals surface area contributed by atoms with Gasteiger partial charge in [0.1, 0.15) is 5.00 Å². The number of carbonyl (C=O) groups excluding carboxylic acids is 3. The number of carboxylic acids is 1. The molecule has 1 aromatic heterocycles. The average molecular weight is 419 g/mol. The zero-order chi connectivity index (χ0) is 21.3. The summed E-state index contributed by atoms with van der Waals surface area (Å²) in [5, 5.41) is 14.7. The third-order valence-corrected chi connectivity index (χ3v) is 7.36. The molecule has 29 heavy (non-hydrogen) atoms. The first-order chi connectivity index (χ1) is 13.6. The van der Waals surface area contributed by atoms with Crippen molar-refractivity contribution in [2.75, 3.05) is 12.4 Å². The van der Waals surface area contributed by atoms with Gasteiger partial charge in [-0.2, -0.15) is 0 Å². The normalized spacial score (nSPS) is 23.9. The van der Waals surface area contributed by atoms with Crippen molar-refractivity contribution in [1.82, 2.24) is 0 Å². The molecule has 0 aromatic carbocycles. The van der Waals surface area contributed by atoms with Gasteiger partial charge < -0.3 is 20.0 Å². The van der Waals surface area contributed by atoms with Crippen molar-refractivity contribution in [3.8, 4) is 0 Å². The van der Waals surface area contributed by atoms with Crippen LogP contribution in [0.2, 0.25) is 0 Å². The number of fused-ring (bicyclic) bond motifs is 1. The summed E-state index contributed by atoms with van der Waals surface area (Å²) in [4.78, 5) is 37.9. The fraction of sp³-hybridized carbons (Fsp3) is 0.591. The van der Waals surface area contributed by atoms with E-state index in [2.05, 4.69) is 26.1 Å². The molecule has 158 valence electrons. The summed E-state index contributed by atoms with van der Waals surface area (Å²) in [5.41, 5.74) is 1.54. The topological polar surface area (TPSA) is 95.5 Å². The maximum absolute atomic E-state index is 12.9. The quantitative estimate of drug-likeness (QED) is 0.599. The molecule has 1 N–H and O–H groups in total. The molecule has 6 nitrogen and oxygen atoms in total. The second-order valence-electron chi connectivity index (χ2n) is 8.97. The largest absolute Gasteiger partial charge is 0.550 e. The number of nitrogens with one attached hydrogen (secondary N) is 1. The number of methoxy groups -OCH3 is 1. The van der Waals surface area contributed by atoms with E-state index >= 15 is 0 Å². The molecule has 1 heterocycles. The highest BCUT2D eigenvalue weighted by molar-refractivity contribution is 7.17. The Balaban J connectivity index is 1.90. The second kappa shape index (κ2) is 8.30. The maximum atomic E-state index is 12.9. The second-order valence-corrected chi connectivity index (χ2v) is 10.1. The SMILES string of the molecule is COC(=O)c1c(NC(=O)[C@@H]2CC=CC[C@H]2C(=O)[O-])sc2c1CC[C@H](C(C)(C)C)C2. The molecule has 0 saturated heterocycles. The zero-order valence-electron chi connectivity index (χ0n) is 17.4. The number of esters is 1. The van der Waals surface area contributed by atoms with Crippen LogP contribution in [-0.2, 0) is 27.2 Å². The van der Waals surface area contributed by atoms with Crippen molar-refractivity contribution in [2.24, 2.45) is 23.2 Å². The number of allylic oxidation sites excluding steroid dienone is 2. The van der Waals surface area contributed by atoms with E-state index in [1.54, 1.807) is 6.08 Å². The van der Waals surface area contributed by atoms with Crippen LogP contribution in [0.1, 0.15) is 60.8 Å². The van der Waals surface area contributed by atoms with Crippen molar-refractivity contribution in [2.45, 2.75) is 52.9 Å². The van der Waals surface area contributed by atoms with Gasteiger partial charge in [0.2, 0.25) is 5.91 Å². The fourth-order valence-corrected chi connectivity index (χ4v) is 5.62. The molecule has 3 rings (SSSR count). The van der Waals surface area contributed by atoms with Gasteiger partial charge in [-0.3, -0.25) is 4.79 Å². The summed E-state index contributed by atoms with van der Waals surface area (Å²) in [6, 6.07) is 0. The minimum atomic E-state index is -1.22. The van der Waals surface area contributed by atoms with E-state index in [-0.39, 0.29) is 17.7 Å². The third-order valence-electron chi connectivity index (χ3n) is 6.19. The van der Waals surface area contributed by atoms with E-state index in [0.717, 1.165) is 29.7 Å². The summed E-state index contributed by atoms with van der Waals surface area (Å²) in [7, 11) is 1.33. The highest BCUT2D eigenvalue weighted by Gasteiger charge is 2.36. The lowest BCUT2D eigenvalue weighted by molar-refractivity contribution is -0.313. The molecule has 2 aliphatic carbocycles. The summed E-state index contributed by atoms with van der Waals surface area (Å²) in [5.74, 6) is -3.15. The number of anilines is 1. The van der Waals surface area contributed by atoms with Crippen LogP contribution in [0.25, 0.3) is 0 Å². The average Bonchev–Trinajstić information content (AvgIpc) is 3.03. The van der Waals surface area contributed by atoms with Gasteiger partial charge in [-0.15, -0.1) is 11.3 Å². The lowest BCUT2D eigenvalue weighted by Crippen LogP contribution is -2.41. The number of rotatable bonds is 4. The minimum Gasteiger partial charge on any atom is -0.550 e. The Bertz CT molecular complexity index is 848. The number of carboxylic acid groups (broad SMARTS) is 1. The first kappa shape index (κ1) is 21.6. The number of hydrogen-bond acceptors (Lipinski definition) is 6. The van der Waals surface area contributed by atoms with Crippen LogP contribution in [0.5, 0.6) is 0 Å². The molecule has 2 aliphatic rings. The van der Waals surface area contributed by atoms with Gasteiger partial charge in [0.15, 0.2) is 0 Å². The first-order valence-electron chi connectivity index (χ1n) is 10.0. The number of thiophene rings is 1. The molecule has 1 aromatic rings. The summed E-state index contributed by atoms with van der Waals surface area (Å²) >= 11 is 1.41. The molecule has 0 radical (unpaired) electrons. The fourth-order valence-electron chi connectivity index (χ4n) is 4.30. The molecular formula is C22H28NO5S-. The lowest BCUT2D eigenvalue weighted by atomic mass is 9.72. The maximum Gasteiger partial charge on any atom is 0.341 e. The Labute approximate surface area is 175 Å². The Hall–Kier alpha value is -2.15. The molecule has 7 heteroatoms. The van der Waals surface area contributed by atoms with Crippen LogP contribution in [0.15, 0.2) is 12.2 Å². The predicted octanol–water partition coefficient (Wildman–Crippen LogP) is 2.96. The van der Waals surface area contributed by atoms with Gasteiger partial charge >= 0.3 is 5.97 Å². The van der Waals surface area contributed by atoms with Gasteiger partial charge in [0.25, 0.3) is 0 Å². The van der Waals surface area contributed by atoms with E-state index in [9.17, 15) is 19.5 Å². The monoisotopic (exact) mass is 418 g/mol. The summed E-state index contributed by atoms with van der Waals surface area (Å²) < 4.78 is 4.98. The smallest absolute Gasteiger partial charge is 0.341 e. The van der Waals surface area contributed by atoms with E-state index in [4.69, 9.17) is 4.74 Å². The summed E-state index contributed by atoms with van der Waals surface area (Å²) in [6.45, 7) is 6.66. The molecule has 0 fully saturated rings. The number of hydrogen-bond donors (Lipinski definition) is 1. The summed E-state index contributed by atoms with van der Waals surface area (Å²) in [6.07, 6.45) is 6.80. The van der Waals surface area contributed by atoms with Gasteiger partial charge in [-0.1, -0.05) is 32.9 Å². The van der Waals surface area contributed by atoms with Gasteiger partial charge in [0.05, 0.1) is 18.6 Å². The molecule has 0 spiro atoms. The Kier molecular flexibility index (Phi) is 6.17. The molecule has 3 atom stereocenters. The minimum absolute atomic E-state index is 0.159. The number of ether oxygens (including phenoxy) is 1. The Morgan fingerprint density at radius 2 is 1.83 bits per heavy atom. The Morgan fingerprint density at radius 3 is 2.41 bits per heavy atom. The number of carbonyl (C=O) groups is 3. The van der Waals surface area contributed by atoms with E-state index in [0.29, 0.717) is 22.9 Å². The van der Waals surface area contributed by atoms with Crippen LogP contribution < -0.4 is 10.4 Å². The van der Waals surface area contributed by atoms with E-state index in [1.165, 1.54) is 18.4 Å². The van der Waals surface area contributed by atoms with Crippen LogP contribution >= 0.6 is 11.3 Å².